The van der Waals surface area contributed by atoms with Crippen LogP contribution in [0.3, 0.4) is 0 Å². The topological polar surface area (TPSA) is 73.8 Å². The second-order valence-corrected chi connectivity index (χ2v) is 7.62. The predicted octanol–water partition coefficient (Wildman–Crippen LogP) is 1.77. The van der Waals surface area contributed by atoms with E-state index in [-0.39, 0.29) is 0 Å². The van der Waals surface area contributed by atoms with Gasteiger partial charge in [-0.2, -0.15) is 0 Å². The van der Waals surface area contributed by atoms with Gasteiger partial charge in [-0.25, -0.2) is 9.97 Å². The lowest BCUT2D eigenvalue weighted by Crippen LogP contribution is -2.45. The molecule has 1 unspecified atom stereocenters. The molecule has 2 N–H and O–H groups in total. The molecule has 0 amide bonds. The minimum atomic E-state index is 0.338. The second kappa shape index (κ2) is 9.32. The molecule has 7 nitrogen and oxygen atoms in total. The molecule has 2 aliphatic heterocycles. The molecular formula is C21H29N5O2. The van der Waals surface area contributed by atoms with E-state index in [0.29, 0.717) is 11.8 Å². The minimum Gasteiger partial charge on any atom is -0.508 e. The first-order chi connectivity index (χ1) is 13.8. The average molecular weight is 383 g/mol. The summed E-state index contributed by atoms with van der Waals surface area (Å²) in [7, 11) is 0. The van der Waals surface area contributed by atoms with Crippen molar-refractivity contribution in [1.29, 1.82) is 0 Å². The Balaban J connectivity index is 1.26. The fourth-order valence-corrected chi connectivity index (χ4v) is 3.91. The fraction of sp³-hybridized carbons (Fsp3) is 0.524. The Morgan fingerprint density at radius 3 is 2.71 bits per heavy atom. The van der Waals surface area contributed by atoms with Crippen molar-refractivity contribution >= 4 is 5.95 Å². The molecule has 0 saturated carbocycles. The number of anilines is 1. The van der Waals surface area contributed by atoms with Crippen LogP contribution in [0.5, 0.6) is 5.75 Å². The summed E-state index contributed by atoms with van der Waals surface area (Å²) >= 11 is 0. The molecule has 0 spiro atoms. The maximum atomic E-state index is 9.66. The molecule has 1 aromatic heterocycles. The number of phenols is 1. The van der Waals surface area contributed by atoms with Gasteiger partial charge in [-0.3, -0.25) is 4.90 Å². The van der Waals surface area contributed by atoms with Crippen LogP contribution >= 0.6 is 0 Å². The summed E-state index contributed by atoms with van der Waals surface area (Å²) in [6, 6.07) is 8.01. The Morgan fingerprint density at radius 1 is 1.11 bits per heavy atom. The molecule has 0 aliphatic carbocycles. The van der Waals surface area contributed by atoms with Gasteiger partial charge in [0.15, 0.2) is 0 Å². The molecule has 2 saturated heterocycles. The number of piperidine rings is 1. The Morgan fingerprint density at radius 2 is 1.93 bits per heavy atom. The van der Waals surface area contributed by atoms with Crippen molar-refractivity contribution in [3.8, 4) is 5.75 Å². The quantitative estimate of drug-likeness (QED) is 0.788. The van der Waals surface area contributed by atoms with Gasteiger partial charge in [-0.05, 0) is 37.1 Å². The largest absolute Gasteiger partial charge is 0.508 e. The van der Waals surface area contributed by atoms with Gasteiger partial charge in [0.1, 0.15) is 5.75 Å². The number of nitrogens with one attached hydrogen (secondary N) is 1. The van der Waals surface area contributed by atoms with E-state index in [1.807, 2.05) is 24.5 Å². The summed E-state index contributed by atoms with van der Waals surface area (Å²) in [5.41, 5.74) is 2.27. The first-order valence-corrected chi connectivity index (χ1v) is 10.1. The first-order valence-electron chi connectivity index (χ1n) is 10.1. The number of nitrogens with zero attached hydrogens (tertiary/aromatic N) is 4. The summed E-state index contributed by atoms with van der Waals surface area (Å²) in [6.45, 7) is 6.98. The Bertz CT molecular complexity index is 749. The third kappa shape index (κ3) is 5.19. The van der Waals surface area contributed by atoms with Gasteiger partial charge >= 0.3 is 0 Å². The van der Waals surface area contributed by atoms with Crippen LogP contribution in [-0.2, 0) is 17.8 Å². The SMILES string of the molecule is Oc1cccc(CN2CCCC(NCc3cnc(N4CCOCC4)nc3)C2)c1. The predicted molar refractivity (Wildman–Crippen MR) is 108 cm³/mol. The molecule has 2 fully saturated rings. The van der Waals surface area contributed by atoms with Crippen molar-refractivity contribution < 1.29 is 9.84 Å². The number of likely N-dealkylation sites (tertiary alicyclic amines) is 1. The van der Waals surface area contributed by atoms with E-state index < -0.39 is 0 Å². The number of phenolic OH excluding ortho intramolecular Hbond substituents is 1. The highest BCUT2D eigenvalue weighted by Crippen LogP contribution is 2.17. The van der Waals surface area contributed by atoms with Crippen LogP contribution in [-0.4, -0.2) is 65.4 Å². The lowest BCUT2D eigenvalue weighted by molar-refractivity contribution is 0.122. The van der Waals surface area contributed by atoms with Crippen LogP contribution in [0.15, 0.2) is 36.7 Å². The molecule has 0 bridgehead atoms. The summed E-state index contributed by atoms with van der Waals surface area (Å²) in [4.78, 5) is 13.7. The van der Waals surface area contributed by atoms with Crippen molar-refractivity contribution in [3.05, 3.63) is 47.8 Å². The molecule has 4 rings (SSSR count). The van der Waals surface area contributed by atoms with Crippen molar-refractivity contribution in [3.63, 3.8) is 0 Å². The van der Waals surface area contributed by atoms with Gasteiger partial charge in [0.05, 0.1) is 13.2 Å². The molecule has 2 aliphatic rings. The lowest BCUT2D eigenvalue weighted by Gasteiger charge is -2.33. The molecular weight excluding hydrogens is 354 g/mol. The van der Waals surface area contributed by atoms with Gasteiger partial charge in [0.2, 0.25) is 5.95 Å². The van der Waals surface area contributed by atoms with Crippen LogP contribution in [0, 0.1) is 0 Å². The number of hydrogen-bond acceptors (Lipinski definition) is 7. The zero-order chi connectivity index (χ0) is 19.2. The van der Waals surface area contributed by atoms with Gasteiger partial charge < -0.3 is 20.1 Å². The third-order valence-electron chi connectivity index (χ3n) is 5.40. The van der Waals surface area contributed by atoms with Crippen LogP contribution < -0.4 is 10.2 Å². The maximum Gasteiger partial charge on any atom is 0.225 e. The van der Waals surface area contributed by atoms with E-state index in [4.69, 9.17) is 4.74 Å². The van der Waals surface area contributed by atoms with E-state index in [9.17, 15) is 5.11 Å². The molecule has 3 heterocycles. The summed E-state index contributed by atoms with van der Waals surface area (Å²) in [5.74, 6) is 1.13. The van der Waals surface area contributed by atoms with E-state index in [0.717, 1.165) is 69.6 Å². The number of hydrogen-bond donors (Lipinski definition) is 2. The number of aromatic hydroxyl groups is 1. The van der Waals surface area contributed by atoms with Crippen LogP contribution in [0.1, 0.15) is 24.0 Å². The lowest BCUT2D eigenvalue weighted by atomic mass is 10.0. The minimum absolute atomic E-state index is 0.338. The molecule has 0 radical (unpaired) electrons. The van der Waals surface area contributed by atoms with E-state index in [1.165, 1.54) is 12.8 Å². The van der Waals surface area contributed by atoms with Crippen LogP contribution in [0.2, 0.25) is 0 Å². The monoisotopic (exact) mass is 383 g/mol. The molecule has 7 heteroatoms. The molecule has 150 valence electrons. The van der Waals surface area contributed by atoms with Crippen molar-refractivity contribution in [2.45, 2.75) is 32.0 Å². The Hall–Kier alpha value is -2.22. The van der Waals surface area contributed by atoms with Crippen molar-refractivity contribution in [2.24, 2.45) is 0 Å². The Labute approximate surface area is 166 Å². The standard InChI is InChI=1S/C21H29N5O2/c27-20-5-1-3-17(11-20)15-25-6-2-4-19(16-25)22-12-18-13-23-21(24-14-18)26-7-9-28-10-8-26/h1,3,5,11,13-14,19,22,27H,2,4,6-10,12,15-16H2. The molecule has 1 aromatic carbocycles. The summed E-state index contributed by atoms with van der Waals surface area (Å²) in [6.07, 6.45) is 6.22. The third-order valence-corrected chi connectivity index (χ3v) is 5.40. The fourth-order valence-electron chi connectivity index (χ4n) is 3.91. The Kier molecular flexibility index (Phi) is 6.36. The van der Waals surface area contributed by atoms with Crippen LogP contribution in [0.25, 0.3) is 0 Å². The van der Waals surface area contributed by atoms with Gasteiger partial charge in [0.25, 0.3) is 0 Å². The number of rotatable bonds is 6. The highest BCUT2D eigenvalue weighted by Gasteiger charge is 2.20. The van der Waals surface area contributed by atoms with E-state index in [1.54, 1.807) is 6.07 Å². The molecule has 2 aromatic rings. The number of aromatic nitrogens is 2. The van der Waals surface area contributed by atoms with Gasteiger partial charge in [-0.15, -0.1) is 0 Å². The number of benzene rings is 1. The molecule has 1 atom stereocenters. The number of ether oxygens (including phenoxy) is 1. The van der Waals surface area contributed by atoms with Gasteiger partial charge in [-0.1, -0.05) is 12.1 Å². The second-order valence-electron chi connectivity index (χ2n) is 7.62. The highest BCUT2D eigenvalue weighted by molar-refractivity contribution is 5.30. The zero-order valence-electron chi connectivity index (χ0n) is 16.3. The summed E-state index contributed by atoms with van der Waals surface area (Å²) < 4.78 is 5.38. The normalized spacial score (nSPS) is 21.0. The highest BCUT2D eigenvalue weighted by atomic mass is 16.5. The average Bonchev–Trinajstić information content (AvgIpc) is 2.74. The van der Waals surface area contributed by atoms with E-state index >= 15 is 0 Å². The molecule has 28 heavy (non-hydrogen) atoms. The number of morpholine rings is 1. The zero-order valence-corrected chi connectivity index (χ0v) is 16.3. The van der Waals surface area contributed by atoms with Crippen molar-refractivity contribution in [1.82, 2.24) is 20.2 Å². The first kappa shape index (κ1) is 19.1. The van der Waals surface area contributed by atoms with E-state index in [2.05, 4.69) is 31.2 Å². The smallest absolute Gasteiger partial charge is 0.225 e. The van der Waals surface area contributed by atoms with Crippen LogP contribution in [0.4, 0.5) is 5.95 Å². The summed E-state index contributed by atoms with van der Waals surface area (Å²) in [5, 5.41) is 13.3. The van der Waals surface area contributed by atoms with Crippen molar-refractivity contribution in [2.75, 3.05) is 44.3 Å². The maximum absolute atomic E-state index is 9.66. The van der Waals surface area contributed by atoms with Gasteiger partial charge in [0, 0.05) is 56.7 Å².